The molecule has 0 amide bonds. The van der Waals surface area contributed by atoms with E-state index in [1.165, 1.54) is 25.7 Å². The molecule has 2 aliphatic heterocycles. The van der Waals surface area contributed by atoms with Gasteiger partial charge in [-0.2, -0.15) is 0 Å². The van der Waals surface area contributed by atoms with Crippen LogP contribution in [0.25, 0.3) is 0 Å². The lowest BCUT2D eigenvalue weighted by molar-refractivity contribution is 0.186. The summed E-state index contributed by atoms with van der Waals surface area (Å²) in [5, 5.41) is 2.61. The molecule has 1 fully saturated rings. The summed E-state index contributed by atoms with van der Waals surface area (Å²) in [7, 11) is 0.183. The average molecular weight is 453 g/mol. The molecule has 7 rings (SSSR count). The van der Waals surface area contributed by atoms with Crippen molar-refractivity contribution < 1.29 is 0 Å². The second-order valence-corrected chi connectivity index (χ2v) is 13.9. The Morgan fingerprint density at radius 1 is 0.848 bits per heavy atom. The van der Waals surface area contributed by atoms with Crippen molar-refractivity contribution >= 4 is 15.3 Å². The minimum Gasteiger partial charge on any atom is -0.146 e. The van der Waals surface area contributed by atoms with Crippen molar-refractivity contribution in [3.63, 3.8) is 0 Å². The second kappa shape index (κ2) is 6.22. The van der Waals surface area contributed by atoms with Crippen LogP contribution in [0.2, 0.25) is 0 Å². The van der Waals surface area contributed by atoms with Crippen molar-refractivity contribution in [2.45, 2.75) is 82.3 Å². The van der Waals surface area contributed by atoms with Gasteiger partial charge in [-0.25, -0.2) is 0 Å². The monoisotopic (exact) mass is 452 g/mol. The smallest absolute Gasteiger partial charge is 0.0570 e. The van der Waals surface area contributed by atoms with Crippen LogP contribution in [0, 0.1) is 11.3 Å². The molecule has 2 aromatic rings. The Labute approximate surface area is 202 Å². The zero-order valence-electron chi connectivity index (χ0n) is 20.8. The minimum atomic E-state index is 0.114. The van der Waals surface area contributed by atoms with E-state index in [-0.39, 0.29) is 31.5 Å². The minimum absolute atomic E-state index is 0.114. The molecule has 6 atom stereocenters. The van der Waals surface area contributed by atoms with Gasteiger partial charge in [-0.1, -0.05) is 93.4 Å². The Balaban J connectivity index is 1.58. The highest BCUT2D eigenvalue weighted by Crippen LogP contribution is 2.92. The average Bonchev–Trinajstić information content (AvgIpc) is 3.18. The summed E-state index contributed by atoms with van der Waals surface area (Å²) < 4.78 is 0.190. The molecule has 0 N–H and O–H groups in total. The zero-order chi connectivity index (χ0) is 22.8. The van der Waals surface area contributed by atoms with Crippen molar-refractivity contribution in [1.82, 2.24) is 0 Å². The predicted molar refractivity (Wildman–Crippen MR) is 143 cm³/mol. The van der Waals surface area contributed by atoms with Crippen LogP contribution >= 0.6 is 10.5 Å². The number of rotatable bonds is 1. The largest absolute Gasteiger partial charge is 0.146 e. The summed E-state index contributed by atoms with van der Waals surface area (Å²) in [6, 6.07) is 19.1. The van der Waals surface area contributed by atoms with Gasteiger partial charge in [0.05, 0.1) is 4.75 Å². The van der Waals surface area contributed by atoms with Crippen LogP contribution in [0.3, 0.4) is 0 Å². The molecule has 0 saturated heterocycles. The van der Waals surface area contributed by atoms with Crippen molar-refractivity contribution in [3.05, 3.63) is 93.4 Å². The summed E-state index contributed by atoms with van der Waals surface area (Å²) in [6.07, 6.45) is 8.89. The van der Waals surface area contributed by atoms with E-state index < -0.39 is 0 Å². The first-order chi connectivity index (χ1) is 15.9. The molecular weight excluding hydrogens is 416 g/mol. The molecule has 6 unspecified atom stereocenters. The van der Waals surface area contributed by atoms with Crippen molar-refractivity contribution in [2.24, 2.45) is 11.3 Å². The van der Waals surface area contributed by atoms with Gasteiger partial charge in [0.2, 0.25) is 0 Å². The first kappa shape index (κ1) is 20.5. The topological polar surface area (TPSA) is 0 Å². The van der Waals surface area contributed by atoms with Crippen molar-refractivity contribution in [1.29, 1.82) is 0 Å². The number of allylic oxidation sites excluding steroid dienone is 3. The highest BCUT2D eigenvalue weighted by atomic mass is 32.2. The van der Waals surface area contributed by atoms with Gasteiger partial charge in [-0.3, -0.25) is 0 Å². The SMILES string of the molecule is CC1=C(C2(C)c3ccccc3C3(C)C(C)(C2C)C32c3ccccc3C3=S2C=CC3)CCCC1. The van der Waals surface area contributed by atoms with Gasteiger partial charge in [0.25, 0.3) is 0 Å². The maximum absolute atomic E-state index is 2.68. The molecule has 2 aromatic carbocycles. The fourth-order valence-corrected chi connectivity index (χ4v) is 13.2. The predicted octanol–water partition coefficient (Wildman–Crippen LogP) is 8.38. The van der Waals surface area contributed by atoms with Gasteiger partial charge >= 0.3 is 0 Å². The first-order valence-corrected chi connectivity index (χ1v) is 14.3. The summed E-state index contributed by atoms with van der Waals surface area (Å²) in [5.41, 5.74) is 10.4. The van der Waals surface area contributed by atoms with Crippen LogP contribution in [0.1, 0.15) is 89.0 Å². The lowest BCUT2D eigenvalue weighted by atomic mass is 9.53. The second-order valence-electron chi connectivity index (χ2n) is 11.8. The van der Waals surface area contributed by atoms with Crippen LogP contribution < -0.4 is 0 Å². The van der Waals surface area contributed by atoms with E-state index in [1.54, 1.807) is 38.3 Å². The Morgan fingerprint density at radius 3 is 2.27 bits per heavy atom. The standard InChI is InChI=1S/C32H36S/c1-21-13-6-8-15-24(21)29(3)22(2)30(4)31(5,27-18-11-10-17-26(27)29)32(30)25-16-9-7-14-23(25)28-19-12-20-33(28)32/h7,9-12,14,16-18,20,22H,6,8,13,15,19H2,1-5H3. The molecule has 170 valence electrons. The Bertz CT molecular complexity index is 1320. The first-order valence-electron chi connectivity index (χ1n) is 13.0. The van der Waals surface area contributed by atoms with Gasteiger partial charge in [-0.15, -0.1) is 10.5 Å². The molecular formula is C32H36S. The molecule has 2 heterocycles. The maximum atomic E-state index is 2.68. The summed E-state index contributed by atoms with van der Waals surface area (Å²) in [4.78, 5) is 1.71. The third-order valence-electron chi connectivity index (χ3n) is 11.3. The van der Waals surface area contributed by atoms with E-state index in [1.807, 2.05) is 0 Å². The number of fused-ring (bicyclic) bond motifs is 9. The Kier molecular flexibility index (Phi) is 3.87. The Morgan fingerprint density at radius 2 is 1.52 bits per heavy atom. The van der Waals surface area contributed by atoms with E-state index in [4.69, 9.17) is 0 Å². The van der Waals surface area contributed by atoms with Crippen LogP contribution in [0.5, 0.6) is 0 Å². The van der Waals surface area contributed by atoms with Crippen LogP contribution in [-0.2, 0) is 15.6 Å². The van der Waals surface area contributed by atoms with E-state index in [9.17, 15) is 0 Å². The van der Waals surface area contributed by atoms with Crippen molar-refractivity contribution in [2.75, 3.05) is 0 Å². The van der Waals surface area contributed by atoms with E-state index in [0.29, 0.717) is 5.92 Å². The van der Waals surface area contributed by atoms with E-state index in [2.05, 4.69) is 94.6 Å². The molecule has 0 radical (unpaired) electrons. The highest BCUT2D eigenvalue weighted by Gasteiger charge is 2.90. The molecule has 3 aliphatic carbocycles. The van der Waals surface area contributed by atoms with Gasteiger partial charge in [0, 0.05) is 16.2 Å². The van der Waals surface area contributed by atoms with Gasteiger partial charge < -0.3 is 0 Å². The lowest BCUT2D eigenvalue weighted by Gasteiger charge is -2.50. The molecule has 1 saturated carbocycles. The fourth-order valence-electron chi connectivity index (χ4n) is 9.55. The third kappa shape index (κ3) is 1.90. The van der Waals surface area contributed by atoms with Crippen LogP contribution in [-0.4, -0.2) is 4.86 Å². The molecule has 0 aromatic heterocycles. The highest BCUT2D eigenvalue weighted by molar-refractivity contribution is 8.20. The fraction of sp³-hybridized carbons (Fsp3) is 0.469. The van der Waals surface area contributed by atoms with E-state index in [0.717, 1.165) is 6.42 Å². The molecule has 1 heteroatoms. The van der Waals surface area contributed by atoms with Gasteiger partial charge in [-0.05, 0) is 77.5 Å². The number of hydrogen-bond acceptors (Lipinski definition) is 0. The molecule has 0 bridgehead atoms. The third-order valence-corrected chi connectivity index (χ3v) is 14.4. The summed E-state index contributed by atoms with van der Waals surface area (Å²) >= 11 is 0. The Hall–Kier alpha value is -1.86. The van der Waals surface area contributed by atoms with Gasteiger partial charge in [0.1, 0.15) is 0 Å². The molecule has 0 nitrogen and oxygen atoms in total. The quantitative estimate of drug-likeness (QED) is 0.301. The van der Waals surface area contributed by atoms with Gasteiger partial charge in [0.15, 0.2) is 0 Å². The molecule has 5 aliphatic rings. The summed E-state index contributed by atoms with van der Waals surface area (Å²) in [5.74, 6) is 0.585. The van der Waals surface area contributed by atoms with E-state index >= 15 is 0 Å². The van der Waals surface area contributed by atoms with Crippen LogP contribution in [0.15, 0.2) is 71.2 Å². The molecule has 1 spiro atoms. The van der Waals surface area contributed by atoms with Crippen molar-refractivity contribution in [3.8, 4) is 0 Å². The number of hydrogen-bond donors (Lipinski definition) is 0. The lowest BCUT2D eigenvalue weighted by Crippen LogP contribution is -2.45. The summed E-state index contributed by atoms with van der Waals surface area (Å²) in [6.45, 7) is 13.0. The number of benzene rings is 2. The maximum Gasteiger partial charge on any atom is 0.0570 e. The van der Waals surface area contributed by atoms with Crippen LogP contribution in [0.4, 0.5) is 0 Å². The normalized spacial score (nSPS) is 42.3. The zero-order valence-corrected chi connectivity index (χ0v) is 21.6. The molecule has 33 heavy (non-hydrogen) atoms.